The monoisotopic (exact) mass is 396 g/mol. The van der Waals surface area contributed by atoms with E-state index >= 15 is 0 Å². The van der Waals surface area contributed by atoms with Crippen LogP contribution in [0.2, 0.25) is 0 Å². The van der Waals surface area contributed by atoms with Crippen LogP contribution >= 0.6 is 0 Å². The summed E-state index contributed by atoms with van der Waals surface area (Å²) < 4.78 is 48.2. The molecular weight excluding hydrogens is 373 g/mol. The third-order valence-electron chi connectivity index (χ3n) is 4.87. The summed E-state index contributed by atoms with van der Waals surface area (Å²) in [5, 5.41) is 24.6. The van der Waals surface area contributed by atoms with Crippen LogP contribution < -0.4 is 15.4 Å². The fraction of sp³-hybridized carbons (Fsp3) is 0.400. The molecule has 1 aliphatic rings. The summed E-state index contributed by atoms with van der Waals surface area (Å²) in [5.41, 5.74) is -0.0653. The fourth-order valence-corrected chi connectivity index (χ4v) is 3.17. The van der Waals surface area contributed by atoms with Gasteiger partial charge in [0.2, 0.25) is 0 Å². The second-order valence-corrected chi connectivity index (χ2v) is 7.18. The number of hydrogen-bond donors (Lipinski definition) is 4. The Balaban J connectivity index is 2.02. The summed E-state index contributed by atoms with van der Waals surface area (Å²) in [6, 6.07) is 5.28. The molecular formula is C20H23F3N2O3. The van der Waals surface area contributed by atoms with E-state index in [1.54, 1.807) is 13.0 Å². The molecule has 0 spiro atoms. The summed E-state index contributed by atoms with van der Waals surface area (Å²) in [6.07, 6.45) is 0.622. The molecule has 0 radical (unpaired) electrons. The van der Waals surface area contributed by atoms with Crippen molar-refractivity contribution in [3.05, 3.63) is 47.3 Å². The van der Waals surface area contributed by atoms with Crippen molar-refractivity contribution in [3.8, 4) is 5.75 Å². The van der Waals surface area contributed by atoms with Gasteiger partial charge >= 0.3 is 0 Å². The summed E-state index contributed by atoms with van der Waals surface area (Å²) in [6.45, 7) is 1.31. The van der Waals surface area contributed by atoms with E-state index in [1.807, 2.05) is 0 Å². The van der Waals surface area contributed by atoms with Gasteiger partial charge in [-0.2, -0.15) is 0 Å². The SMILES string of the molecule is COc1cc(F)c(F)c(Nc2ccc(C)cc2F)c1NC1(CC(O)CO)CC1. The van der Waals surface area contributed by atoms with Crippen molar-refractivity contribution in [2.75, 3.05) is 24.4 Å². The van der Waals surface area contributed by atoms with Crippen LogP contribution in [-0.4, -0.2) is 35.6 Å². The second-order valence-electron chi connectivity index (χ2n) is 7.18. The smallest absolute Gasteiger partial charge is 0.184 e. The lowest BCUT2D eigenvalue weighted by Gasteiger charge is -2.25. The second kappa shape index (κ2) is 7.89. The molecule has 0 saturated heterocycles. The van der Waals surface area contributed by atoms with Crippen LogP contribution in [0.1, 0.15) is 24.8 Å². The number of aliphatic hydroxyl groups excluding tert-OH is 2. The molecule has 5 nitrogen and oxygen atoms in total. The quantitative estimate of drug-likeness (QED) is 0.546. The zero-order valence-electron chi connectivity index (χ0n) is 15.7. The van der Waals surface area contributed by atoms with Crippen molar-refractivity contribution in [3.63, 3.8) is 0 Å². The largest absolute Gasteiger partial charge is 0.494 e. The number of nitrogens with one attached hydrogen (secondary N) is 2. The molecule has 28 heavy (non-hydrogen) atoms. The Hall–Kier alpha value is -2.45. The van der Waals surface area contributed by atoms with Crippen LogP contribution in [0.25, 0.3) is 0 Å². The van der Waals surface area contributed by atoms with E-state index in [0.717, 1.165) is 6.07 Å². The van der Waals surface area contributed by atoms with Gasteiger partial charge in [-0.15, -0.1) is 0 Å². The zero-order chi connectivity index (χ0) is 20.5. The van der Waals surface area contributed by atoms with Crippen molar-refractivity contribution in [2.24, 2.45) is 0 Å². The summed E-state index contributed by atoms with van der Waals surface area (Å²) in [5.74, 6) is -2.89. The van der Waals surface area contributed by atoms with Gasteiger partial charge in [-0.05, 0) is 43.9 Å². The number of halogens is 3. The molecule has 1 aliphatic carbocycles. The molecule has 0 amide bonds. The van der Waals surface area contributed by atoms with Crippen LogP contribution in [0.4, 0.5) is 30.2 Å². The standard InChI is InChI=1S/C20H23F3N2O3/c1-11-3-4-15(13(21)7-11)24-19-17(23)14(22)8-16(28-2)18(19)25-20(5-6-20)9-12(27)10-26/h3-4,7-8,12,24-27H,5-6,9-10H2,1-2H3. The van der Waals surface area contributed by atoms with Crippen LogP contribution in [0.15, 0.2) is 24.3 Å². The molecule has 152 valence electrons. The van der Waals surface area contributed by atoms with Gasteiger partial charge in [0.05, 0.1) is 25.5 Å². The Labute approximate surface area is 161 Å². The predicted octanol–water partition coefficient (Wildman–Crippen LogP) is 3.85. The summed E-state index contributed by atoms with van der Waals surface area (Å²) >= 11 is 0. The minimum atomic E-state index is -1.18. The summed E-state index contributed by atoms with van der Waals surface area (Å²) in [4.78, 5) is 0. The molecule has 0 heterocycles. The number of benzene rings is 2. The van der Waals surface area contributed by atoms with Crippen molar-refractivity contribution >= 4 is 17.1 Å². The number of aliphatic hydroxyl groups is 2. The number of hydrogen-bond acceptors (Lipinski definition) is 5. The van der Waals surface area contributed by atoms with Gasteiger partial charge in [-0.3, -0.25) is 0 Å². The van der Waals surface area contributed by atoms with E-state index < -0.39 is 35.7 Å². The van der Waals surface area contributed by atoms with Gasteiger partial charge < -0.3 is 25.6 Å². The van der Waals surface area contributed by atoms with Crippen molar-refractivity contribution in [1.82, 2.24) is 0 Å². The molecule has 0 aromatic heterocycles. The lowest BCUT2D eigenvalue weighted by Crippen LogP contribution is -2.29. The van der Waals surface area contributed by atoms with Gasteiger partial charge in [0.15, 0.2) is 11.6 Å². The molecule has 0 aliphatic heterocycles. The molecule has 2 aromatic carbocycles. The third-order valence-corrected chi connectivity index (χ3v) is 4.87. The van der Waals surface area contributed by atoms with Crippen LogP contribution in [0.5, 0.6) is 5.75 Å². The van der Waals surface area contributed by atoms with Crippen LogP contribution in [-0.2, 0) is 0 Å². The first kappa shape index (κ1) is 20.3. The van der Waals surface area contributed by atoms with E-state index in [2.05, 4.69) is 10.6 Å². The van der Waals surface area contributed by atoms with E-state index in [4.69, 9.17) is 9.84 Å². The summed E-state index contributed by atoms with van der Waals surface area (Å²) in [7, 11) is 1.32. The van der Waals surface area contributed by atoms with Gasteiger partial charge in [0.25, 0.3) is 0 Å². The Morgan fingerprint density at radius 3 is 2.43 bits per heavy atom. The van der Waals surface area contributed by atoms with E-state index in [-0.39, 0.29) is 29.2 Å². The van der Waals surface area contributed by atoms with E-state index in [1.165, 1.54) is 19.2 Å². The topological polar surface area (TPSA) is 73.8 Å². The number of anilines is 3. The van der Waals surface area contributed by atoms with E-state index in [0.29, 0.717) is 18.4 Å². The Kier molecular flexibility index (Phi) is 5.71. The average Bonchev–Trinajstić information content (AvgIpc) is 3.41. The molecule has 2 aromatic rings. The van der Waals surface area contributed by atoms with Gasteiger partial charge in [-0.25, -0.2) is 13.2 Å². The number of methoxy groups -OCH3 is 1. The first-order chi connectivity index (χ1) is 13.3. The third kappa shape index (κ3) is 4.18. The Morgan fingerprint density at radius 2 is 1.86 bits per heavy atom. The average molecular weight is 396 g/mol. The molecule has 4 N–H and O–H groups in total. The normalized spacial score (nSPS) is 15.8. The fourth-order valence-electron chi connectivity index (χ4n) is 3.17. The molecule has 1 unspecified atom stereocenters. The lowest BCUT2D eigenvalue weighted by atomic mass is 10.1. The zero-order valence-corrected chi connectivity index (χ0v) is 15.7. The Bertz CT molecular complexity index is 872. The van der Waals surface area contributed by atoms with Crippen molar-refractivity contribution in [1.29, 1.82) is 0 Å². The highest BCUT2D eigenvalue weighted by molar-refractivity contribution is 5.81. The molecule has 1 fully saturated rings. The maximum Gasteiger partial charge on any atom is 0.184 e. The lowest BCUT2D eigenvalue weighted by molar-refractivity contribution is 0.0821. The number of aryl methyl sites for hydroxylation is 1. The first-order valence-electron chi connectivity index (χ1n) is 8.95. The Morgan fingerprint density at radius 1 is 1.14 bits per heavy atom. The van der Waals surface area contributed by atoms with Crippen molar-refractivity contribution in [2.45, 2.75) is 37.8 Å². The predicted molar refractivity (Wildman–Crippen MR) is 101 cm³/mol. The van der Waals surface area contributed by atoms with Crippen LogP contribution in [0, 0.1) is 24.4 Å². The molecule has 3 rings (SSSR count). The highest BCUT2D eigenvalue weighted by Gasteiger charge is 2.45. The van der Waals surface area contributed by atoms with Gasteiger partial charge in [0.1, 0.15) is 22.9 Å². The van der Waals surface area contributed by atoms with E-state index in [9.17, 15) is 18.3 Å². The highest BCUT2D eigenvalue weighted by atomic mass is 19.2. The molecule has 0 bridgehead atoms. The highest BCUT2D eigenvalue weighted by Crippen LogP contribution is 2.48. The first-order valence-corrected chi connectivity index (χ1v) is 8.95. The molecule has 1 saturated carbocycles. The molecule has 1 atom stereocenters. The number of ether oxygens (including phenoxy) is 1. The minimum Gasteiger partial charge on any atom is -0.494 e. The maximum atomic E-state index is 14.7. The number of rotatable bonds is 8. The van der Waals surface area contributed by atoms with Crippen LogP contribution in [0.3, 0.4) is 0 Å². The van der Waals surface area contributed by atoms with Crippen molar-refractivity contribution < 1.29 is 28.1 Å². The molecule has 8 heteroatoms. The maximum absolute atomic E-state index is 14.7. The minimum absolute atomic E-state index is 0.0135. The van der Waals surface area contributed by atoms with Gasteiger partial charge in [-0.1, -0.05) is 6.07 Å². The van der Waals surface area contributed by atoms with Gasteiger partial charge in [0, 0.05) is 11.6 Å².